The first-order chi connectivity index (χ1) is 16.4. The number of aryl methyl sites for hydroxylation is 2. The van der Waals surface area contributed by atoms with Gasteiger partial charge in [0.15, 0.2) is 0 Å². The number of hydrogen-bond acceptors (Lipinski definition) is 4. The van der Waals surface area contributed by atoms with Crippen molar-refractivity contribution < 1.29 is 0 Å². The standard InChI is InChI=1S/C28H34N4O2/c1-22-9-6-7-12-25(22)28(21-29)13-17-30(18-14-28)15-8-16-32-26(33)23(2)19-31(27(32)34)20-24-10-4-3-5-11-24/h4,6-7,9-12,19H,3,5,8,13-18,20H2,1-2H3. The summed E-state index contributed by atoms with van der Waals surface area (Å²) in [5.41, 5.74) is 3.16. The monoisotopic (exact) mass is 458 g/mol. The minimum absolute atomic E-state index is 0.198. The van der Waals surface area contributed by atoms with Crippen LogP contribution in [0.5, 0.6) is 0 Å². The van der Waals surface area contributed by atoms with Gasteiger partial charge in [-0.2, -0.15) is 5.26 Å². The number of rotatable bonds is 7. The minimum Gasteiger partial charge on any atom is -0.303 e. The van der Waals surface area contributed by atoms with Crippen LogP contribution in [0.4, 0.5) is 0 Å². The van der Waals surface area contributed by atoms with E-state index in [0.717, 1.165) is 62.9 Å². The molecular formula is C28H34N4O2. The lowest BCUT2D eigenvalue weighted by atomic mass is 9.72. The summed E-state index contributed by atoms with van der Waals surface area (Å²) < 4.78 is 3.04. The number of allylic oxidation sites excluding steroid dienone is 4. The van der Waals surface area contributed by atoms with Crippen LogP contribution in [0.2, 0.25) is 0 Å². The molecule has 1 aromatic carbocycles. The highest BCUT2D eigenvalue weighted by atomic mass is 16.2. The van der Waals surface area contributed by atoms with Gasteiger partial charge < -0.3 is 4.90 Å². The Bertz CT molecular complexity index is 1250. The molecule has 1 fully saturated rings. The van der Waals surface area contributed by atoms with E-state index in [2.05, 4.69) is 48.3 Å². The normalized spacial score (nSPS) is 17.9. The number of benzene rings is 1. The molecule has 34 heavy (non-hydrogen) atoms. The molecule has 0 atom stereocenters. The van der Waals surface area contributed by atoms with Crippen LogP contribution in [-0.4, -0.2) is 33.7 Å². The minimum atomic E-state index is -0.425. The van der Waals surface area contributed by atoms with Gasteiger partial charge >= 0.3 is 5.69 Å². The lowest BCUT2D eigenvalue weighted by Crippen LogP contribution is -2.44. The van der Waals surface area contributed by atoms with E-state index in [1.54, 1.807) is 17.7 Å². The third kappa shape index (κ3) is 5.00. The van der Waals surface area contributed by atoms with Crippen LogP contribution in [0.15, 0.2) is 63.9 Å². The number of hydrogen-bond donors (Lipinski definition) is 0. The molecule has 0 bridgehead atoms. The van der Waals surface area contributed by atoms with Gasteiger partial charge in [-0.1, -0.05) is 42.5 Å². The van der Waals surface area contributed by atoms with E-state index in [1.807, 2.05) is 12.1 Å². The Labute approximate surface area is 201 Å². The van der Waals surface area contributed by atoms with Crippen molar-refractivity contribution >= 4 is 0 Å². The summed E-state index contributed by atoms with van der Waals surface area (Å²) in [6, 6.07) is 10.8. The zero-order chi connectivity index (χ0) is 24.1. The molecule has 0 unspecified atom stereocenters. The molecule has 1 saturated heterocycles. The summed E-state index contributed by atoms with van der Waals surface area (Å²) in [4.78, 5) is 28.1. The fourth-order valence-corrected chi connectivity index (χ4v) is 5.25. The van der Waals surface area contributed by atoms with Crippen LogP contribution in [0.3, 0.4) is 0 Å². The third-order valence-corrected chi connectivity index (χ3v) is 7.27. The van der Waals surface area contributed by atoms with Crippen molar-refractivity contribution in [3.05, 3.63) is 91.8 Å². The fourth-order valence-electron chi connectivity index (χ4n) is 5.25. The Morgan fingerprint density at radius 1 is 1.03 bits per heavy atom. The van der Waals surface area contributed by atoms with Crippen LogP contribution >= 0.6 is 0 Å². The van der Waals surface area contributed by atoms with Crippen LogP contribution in [0, 0.1) is 25.2 Å². The Kier molecular flexibility index (Phi) is 7.33. The summed E-state index contributed by atoms with van der Waals surface area (Å²) in [7, 11) is 0. The highest BCUT2D eigenvalue weighted by Crippen LogP contribution is 2.36. The van der Waals surface area contributed by atoms with E-state index < -0.39 is 5.41 Å². The Balaban J connectivity index is 1.39. The summed E-state index contributed by atoms with van der Waals surface area (Å²) >= 11 is 0. The van der Waals surface area contributed by atoms with Gasteiger partial charge in [0.1, 0.15) is 0 Å². The number of piperidine rings is 1. The van der Waals surface area contributed by atoms with Gasteiger partial charge in [0.2, 0.25) is 0 Å². The summed E-state index contributed by atoms with van der Waals surface area (Å²) in [5.74, 6) is 0. The first-order valence-corrected chi connectivity index (χ1v) is 12.3. The molecule has 0 saturated carbocycles. The van der Waals surface area contributed by atoms with Gasteiger partial charge in [-0.25, -0.2) is 4.79 Å². The number of aromatic nitrogens is 2. The van der Waals surface area contributed by atoms with E-state index in [-0.39, 0.29) is 11.2 Å². The van der Waals surface area contributed by atoms with Gasteiger partial charge in [0.05, 0.1) is 18.0 Å². The highest BCUT2D eigenvalue weighted by molar-refractivity contribution is 5.39. The van der Waals surface area contributed by atoms with Crippen LogP contribution in [0.1, 0.15) is 48.8 Å². The average Bonchev–Trinajstić information content (AvgIpc) is 2.86. The van der Waals surface area contributed by atoms with E-state index >= 15 is 0 Å². The molecule has 178 valence electrons. The predicted molar refractivity (Wildman–Crippen MR) is 135 cm³/mol. The second-order valence-corrected chi connectivity index (χ2v) is 9.64. The third-order valence-electron chi connectivity index (χ3n) is 7.27. The molecule has 1 aliphatic carbocycles. The molecule has 0 radical (unpaired) electrons. The van der Waals surface area contributed by atoms with Crippen molar-refractivity contribution in [1.82, 2.24) is 14.0 Å². The van der Waals surface area contributed by atoms with Crippen molar-refractivity contribution in [3.8, 4) is 6.07 Å². The summed E-state index contributed by atoms with van der Waals surface area (Å²) in [5, 5.41) is 10.0. The molecule has 4 rings (SSSR count). The van der Waals surface area contributed by atoms with Gasteiger partial charge in [-0.3, -0.25) is 13.9 Å². The van der Waals surface area contributed by atoms with Crippen molar-refractivity contribution in [1.29, 1.82) is 5.26 Å². The van der Waals surface area contributed by atoms with E-state index in [9.17, 15) is 14.9 Å². The molecule has 2 heterocycles. The van der Waals surface area contributed by atoms with Crippen LogP contribution in [-0.2, 0) is 18.5 Å². The SMILES string of the molecule is Cc1ccccc1C1(C#N)CCN(CCCn2c(=O)c(C)cn(CC3=CCCC=C3)c2=O)CC1. The maximum atomic E-state index is 13.0. The number of nitrogens with zero attached hydrogens (tertiary/aromatic N) is 4. The molecule has 0 spiro atoms. The van der Waals surface area contributed by atoms with Crippen LogP contribution < -0.4 is 11.2 Å². The maximum Gasteiger partial charge on any atom is 0.331 e. The van der Waals surface area contributed by atoms with Crippen molar-refractivity contribution in [3.63, 3.8) is 0 Å². The van der Waals surface area contributed by atoms with E-state index in [4.69, 9.17) is 0 Å². The topological polar surface area (TPSA) is 71.0 Å². The zero-order valence-electron chi connectivity index (χ0n) is 20.3. The van der Waals surface area contributed by atoms with Gasteiger partial charge in [-0.05, 0) is 82.3 Å². The average molecular weight is 459 g/mol. The van der Waals surface area contributed by atoms with Gasteiger partial charge in [0.25, 0.3) is 5.56 Å². The first kappa shape index (κ1) is 24.0. The van der Waals surface area contributed by atoms with E-state index in [1.165, 1.54) is 10.1 Å². The second kappa shape index (κ2) is 10.4. The predicted octanol–water partition coefficient (Wildman–Crippen LogP) is 3.85. The molecule has 6 nitrogen and oxygen atoms in total. The molecule has 1 aromatic heterocycles. The lowest BCUT2D eigenvalue weighted by Gasteiger charge is -2.38. The van der Waals surface area contributed by atoms with Crippen LogP contribution in [0.25, 0.3) is 0 Å². The molecular weight excluding hydrogens is 424 g/mol. The smallest absolute Gasteiger partial charge is 0.303 e. The Hall–Kier alpha value is -3.17. The number of likely N-dealkylation sites (tertiary alicyclic amines) is 1. The van der Waals surface area contributed by atoms with Crippen molar-refractivity contribution in [2.75, 3.05) is 19.6 Å². The molecule has 6 heteroatoms. The highest BCUT2D eigenvalue weighted by Gasteiger charge is 2.37. The number of nitriles is 1. The van der Waals surface area contributed by atoms with Crippen molar-refractivity contribution in [2.24, 2.45) is 0 Å². The molecule has 1 aliphatic heterocycles. The largest absolute Gasteiger partial charge is 0.331 e. The first-order valence-electron chi connectivity index (χ1n) is 12.3. The summed E-state index contributed by atoms with van der Waals surface area (Å²) in [6.07, 6.45) is 12.4. The quantitative estimate of drug-likeness (QED) is 0.632. The van der Waals surface area contributed by atoms with E-state index in [0.29, 0.717) is 18.7 Å². The molecule has 2 aromatic rings. The molecule has 2 aliphatic rings. The fraction of sp³-hybridized carbons (Fsp3) is 0.464. The Morgan fingerprint density at radius 2 is 1.79 bits per heavy atom. The Morgan fingerprint density at radius 3 is 2.47 bits per heavy atom. The summed E-state index contributed by atoms with van der Waals surface area (Å²) in [6.45, 7) is 7.25. The lowest BCUT2D eigenvalue weighted by molar-refractivity contribution is 0.181. The van der Waals surface area contributed by atoms with Crippen molar-refractivity contribution in [2.45, 2.75) is 64.5 Å². The van der Waals surface area contributed by atoms with Gasteiger partial charge in [0, 0.05) is 18.3 Å². The molecule has 0 N–H and O–H groups in total. The molecule has 0 amide bonds. The zero-order valence-corrected chi connectivity index (χ0v) is 20.3. The second-order valence-electron chi connectivity index (χ2n) is 9.64. The van der Waals surface area contributed by atoms with Gasteiger partial charge in [-0.15, -0.1) is 0 Å². The maximum absolute atomic E-state index is 13.0.